The molecule has 0 aliphatic heterocycles. The molecule has 134 valence electrons. The van der Waals surface area contributed by atoms with E-state index in [1.807, 2.05) is 0 Å². The molecule has 0 saturated heterocycles. The molecule has 6 nitrogen and oxygen atoms in total. The highest BCUT2D eigenvalue weighted by Crippen LogP contribution is 2.28. The van der Waals surface area contributed by atoms with Gasteiger partial charge in [-0.3, -0.25) is 9.59 Å². The zero-order valence-corrected chi connectivity index (χ0v) is 14.3. The summed E-state index contributed by atoms with van der Waals surface area (Å²) in [6.45, 7) is 0.130. The van der Waals surface area contributed by atoms with Gasteiger partial charge in [0, 0.05) is 15.4 Å². The van der Waals surface area contributed by atoms with E-state index in [9.17, 15) is 19.1 Å². The third-order valence-corrected chi connectivity index (χ3v) is 4.61. The standard InChI is InChI=1S/C18H15FN2O4S/c19-11-3-1-4-12(9-11)21-18(24)17(23)20-10-13-6-7-15(26-13)16(22)14-5-2-8-25-14/h1-9,16,22H,10H2,(H,20,23)(H,21,24). The number of rotatable bonds is 5. The molecule has 0 bridgehead atoms. The molecule has 3 aromatic rings. The van der Waals surface area contributed by atoms with Gasteiger partial charge in [-0.15, -0.1) is 11.3 Å². The molecule has 0 saturated carbocycles. The highest BCUT2D eigenvalue weighted by atomic mass is 32.1. The lowest BCUT2D eigenvalue weighted by molar-refractivity contribution is -0.136. The number of carbonyl (C=O) groups excluding carboxylic acids is 2. The van der Waals surface area contributed by atoms with Crippen molar-refractivity contribution in [2.24, 2.45) is 0 Å². The first-order valence-electron chi connectivity index (χ1n) is 7.68. The Kier molecular flexibility index (Phi) is 5.45. The molecule has 1 atom stereocenters. The molecule has 3 rings (SSSR count). The number of amides is 2. The highest BCUT2D eigenvalue weighted by molar-refractivity contribution is 7.12. The summed E-state index contributed by atoms with van der Waals surface area (Å²) >= 11 is 1.29. The van der Waals surface area contributed by atoms with Crippen molar-refractivity contribution in [1.29, 1.82) is 0 Å². The normalized spacial score (nSPS) is 11.8. The third kappa shape index (κ3) is 4.35. The predicted molar refractivity (Wildman–Crippen MR) is 94.0 cm³/mol. The van der Waals surface area contributed by atoms with Crippen LogP contribution in [0.3, 0.4) is 0 Å². The summed E-state index contributed by atoms with van der Waals surface area (Å²) in [4.78, 5) is 25.1. The van der Waals surface area contributed by atoms with Gasteiger partial charge in [0.15, 0.2) is 0 Å². The number of hydrogen-bond acceptors (Lipinski definition) is 5. The van der Waals surface area contributed by atoms with E-state index in [2.05, 4.69) is 10.6 Å². The SMILES string of the molecule is O=C(NCc1ccc(C(O)c2ccco2)s1)C(=O)Nc1cccc(F)c1. The molecule has 8 heteroatoms. The van der Waals surface area contributed by atoms with E-state index in [1.54, 1.807) is 24.3 Å². The van der Waals surface area contributed by atoms with Crippen LogP contribution < -0.4 is 10.6 Å². The molecule has 1 aromatic carbocycles. The lowest BCUT2D eigenvalue weighted by atomic mass is 10.2. The van der Waals surface area contributed by atoms with Crippen LogP contribution in [0.1, 0.15) is 21.6 Å². The number of aliphatic hydroxyl groups is 1. The second-order valence-corrected chi connectivity index (χ2v) is 6.57. The molecule has 1 unspecified atom stereocenters. The zero-order chi connectivity index (χ0) is 18.5. The lowest BCUT2D eigenvalue weighted by Crippen LogP contribution is -2.34. The molecule has 2 aromatic heterocycles. The summed E-state index contributed by atoms with van der Waals surface area (Å²) in [5.74, 6) is -1.81. The fourth-order valence-electron chi connectivity index (χ4n) is 2.23. The molecule has 3 N–H and O–H groups in total. The number of furan rings is 1. The summed E-state index contributed by atoms with van der Waals surface area (Å²) in [7, 11) is 0. The molecule has 0 radical (unpaired) electrons. The smallest absolute Gasteiger partial charge is 0.313 e. The number of benzene rings is 1. The van der Waals surface area contributed by atoms with Crippen molar-refractivity contribution in [1.82, 2.24) is 5.32 Å². The summed E-state index contributed by atoms with van der Waals surface area (Å²) in [6.07, 6.45) is 0.598. The Hall–Kier alpha value is -2.97. The Morgan fingerprint density at radius 2 is 2.00 bits per heavy atom. The van der Waals surface area contributed by atoms with Crippen molar-refractivity contribution >= 4 is 28.8 Å². The summed E-state index contributed by atoms with van der Waals surface area (Å²) < 4.78 is 18.2. The van der Waals surface area contributed by atoms with Gasteiger partial charge in [-0.25, -0.2) is 4.39 Å². The lowest BCUT2D eigenvalue weighted by Gasteiger charge is -2.06. The van der Waals surface area contributed by atoms with Gasteiger partial charge in [0.1, 0.15) is 17.7 Å². The van der Waals surface area contributed by atoms with E-state index in [4.69, 9.17) is 4.42 Å². The van der Waals surface area contributed by atoms with Gasteiger partial charge < -0.3 is 20.2 Å². The van der Waals surface area contributed by atoms with Crippen molar-refractivity contribution in [3.63, 3.8) is 0 Å². The first kappa shape index (κ1) is 17.8. The summed E-state index contributed by atoms with van der Waals surface area (Å²) in [5, 5.41) is 15.0. The predicted octanol–water partition coefficient (Wildman–Crippen LogP) is 2.82. The fourth-order valence-corrected chi connectivity index (χ4v) is 3.17. The van der Waals surface area contributed by atoms with Crippen LogP contribution in [0.15, 0.2) is 59.2 Å². The van der Waals surface area contributed by atoms with Gasteiger partial charge in [-0.2, -0.15) is 0 Å². The maximum Gasteiger partial charge on any atom is 0.313 e. The third-order valence-electron chi connectivity index (χ3n) is 3.48. The summed E-state index contributed by atoms with van der Waals surface area (Å²) in [5.41, 5.74) is 0.199. The van der Waals surface area contributed by atoms with Crippen LogP contribution in [0.5, 0.6) is 0 Å². The number of halogens is 1. The van der Waals surface area contributed by atoms with Crippen LogP contribution in [-0.2, 0) is 16.1 Å². The van der Waals surface area contributed by atoms with Gasteiger partial charge in [0.05, 0.1) is 12.8 Å². The minimum Gasteiger partial charge on any atom is -0.466 e. The molecule has 2 amide bonds. The highest BCUT2D eigenvalue weighted by Gasteiger charge is 2.17. The Labute approximate surface area is 152 Å². The summed E-state index contributed by atoms with van der Waals surface area (Å²) in [6, 6.07) is 12.1. The van der Waals surface area contributed by atoms with E-state index in [-0.39, 0.29) is 12.2 Å². The van der Waals surface area contributed by atoms with Crippen molar-refractivity contribution in [2.45, 2.75) is 12.6 Å². The Morgan fingerprint density at radius 1 is 1.15 bits per heavy atom. The molecule has 0 fully saturated rings. The largest absolute Gasteiger partial charge is 0.466 e. The van der Waals surface area contributed by atoms with Gasteiger partial charge >= 0.3 is 11.8 Å². The number of hydrogen-bond donors (Lipinski definition) is 3. The fraction of sp³-hybridized carbons (Fsp3) is 0.111. The Bertz CT molecular complexity index is 908. The average molecular weight is 374 g/mol. The van der Waals surface area contributed by atoms with E-state index < -0.39 is 23.7 Å². The number of aliphatic hydroxyl groups excluding tert-OH is 1. The number of thiophene rings is 1. The van der Waals surface area contributed by atoms with Gasteiger partial charge in [0.2, 0.25) is 0 Å². The van der Waals surface area contributed by atoms with E-state index in [1.165, 1.54) is 35.8 Å². The average Bonchev–Trinajstić information content (AvgIpc) is 3.31. The zero-order valence-electron chi connectivity index (χ0n) is 13.4. The van der Waals surface area contributed by atoms with Crippen LogP contribution in [0.4, 0.5) is 10.1 Å². The number of anilines is 1. The molecule has 2 heterocycles. The second kappa shape index (κ2) is 7.94. The van der Waals surface area contributed by atoms with E-state index >= 15 is 0 Å². The van der Waals surface area contributed by atoms with Gasteiger partial charge in [-0.1, -0.05) is 6.07 Å². The maximum atomic E-state index is 13.1. The number of nitrogens with one attached hydrogen (secondary N) is 2. The topological polar surface area (TPSA) is 91.6 Å². The van der Waals surface area contributed by atoms with Crippen molar-refractivity contribution < 1.29 is 23.5 Å². The monoisotopic (exact) mass is 374 g/mol. The Balaban J connectivity index is 1.54. The number of carbonyl (C=O) groups is 2. The second-order valence-electron chi connectivity index (χ2n) is 5.37. The first-order chi connectivity index (χ1) is 12.5. The van der Waals surface area contributed by atoms with Crippen molar-refractivity contribution in [3.05, 3.63) is 76.1 Å². The Morgan fingerprint density at radius 3 is 2.73 bits per heavy atom. The van der Waals surface area contributed by atoms with Crippen LogP contribution in [0.25, 0.3) is 0 Å². The molecule has 0 aliphatic carbocycles. The maximum absolute atomic E-state index is 13.1. The first-order valence-corrected chi connectivity index (χ1v) is 8.49. The van der Waals surface area contributed by atoms with Crippen LogP contribution in [0, 0.1) is 5.82 Å². The quantitative estimate of drug-likeness (QED) is 0.599. The molecule has 26 heavy (non-hydrogen) atoms. The molecule has 0 aliphatic rings. The van der Waals surface area contributed by atoms with Crippen LogP contribution in [0.2, 0.25) is 0 Å². The molecule has 0 spiro atoms. The molecular weight excluding hydrogens is 359 g/mol. The minimum absolute atomic E-state index is 0.130. The minimum atomic E-state index is -0.886. The van der Waals surface area contributed by atoms with Crippen LogP contribution >= 0.6 is 11.3 Å². The van der Waals surface area contributed by atoms with Crippen molar-refractivity contribution in [3.8, 4) is 0 Å². The van der Waals surface area contributed by atoms with E-state index in [0.29, 0.717) is 10.6 Å². The van der Waals surface area contributed by atoms with E-state index in [0.717, 1.165) is 10.9 Å². The van der Waals surface area contributed by atoms with Crippen molar-refractivity contribution in [2.75, 3.05) is 5.32 Å². The van der Waals surface area contributed by atoms with Crippen LogP contribution in [-0.4, -0.2) is 16.9 Å². The van der Waals surface area contributed by atoms with Gasteiger partial charge in [0.25, 0.3) is 0 Å². The van der Waals surface area contributed by atoms with Gasteiger partial charge in [-0.05, 0) is 42.5 Å². The molecular formula is C18H15FN2O4S.